The standard InChI is InChI=1S/C10H14O10/c11-1-3(13)5(15)7(17)9(19)10(20)8(18)6(16)4(14)2-12/h1-3,5,7,9,12-19H. The van der Waals surface area contributed by atoms with Gasteiger partial charge in [0, 0.05) is 0 Å². The van der Waals surface area contributed by atoms with Gasteiger partial charge < -0.3 is 45.6 Å². The summed E-state index contributed by atoms with van der Waals surface area (Å²) in [5.74, 6) is -6.15. The fourth-order valence-corrected chi connectivity index (χ4v) is 1.06. The summed E-state index contributed by atoms with van der Waals surface area (Å²) in [4.78, 5) is 21.5. The summed E-state index contributed by atoms with van der Waals surface area (Å²) >= 11 is 0. The Kier molecular flexibility index (Phi) is 6.65. The quantitative estimate of drug-likeness (QED) is 0.107. The Balaban J connectivity index is 5.17. The Morgan fingerprint density at radius 3 is 1.80 bits per heavy atom. The van der Waals surface area contributed by atoms with E-state index >= 15 is 0 Å². The van der Waals surface area contributed by atoms with Crippen LogP contribution in [0.3, 0.4) is 0 Å². The van der Waals surface area contributed by atoms with Crippen LogP contribution in [0.4, 0.5) is 0 Å². The predicted octanol–water partition coefficient (Wildman–Crippen LogP) is -2.52. The van der Waals surface area contributed by atoms with Crippen LogP contribution in [0.25, 0.3) is 0 Å². The molecule has 0 bridgehead atoms. The highest BCUT2D eigenvalue weighted by atomic mass is 16.4. The lowest BCUT2D eigenvalue weighted by atomic mass is 9.99. The molecule has 0 aromatic heterocycles. The minimum atomic E-state index is -2.52. The molecule has 10 nitrogen and oxygen atoms in total. The average Bonchev–Trinajstić information content (AvgIpc) is 2.48. The molecule has 0 aromatic rings. The third-order valence-electron chi connectivity index (χ3n) is 2.25. The summed E-state index contributed by atoms with van der Waals surface area (Å²) in [5, 5.41) is 72.1. The van der Waals surface area contributed by atoms with Crippen molar-refractivity contribution in [3.63, 3.8) is 0 Å². The first-order chi connectivity index (χ1) is 9.18. The largest absolute Gasteiger partial charge is 0.512 e. The van der Waals surface area contributed by atoms with Crippen molar-refractivity contribution in [2.45, 2.75) is 24.4 Å². The number of Topliss-reactive ketones (excluding diaryl/α,β-unsaturated/α-hetero) is 1. The number of ketones is 1. The molecule has 0 heterocycles. The van der Waals surface area contributed by atoms with Crippen molar-refractivity contribution in [3.05, 3.63) is 23.5 Å². The van der Waals surface area contributed by atoms with Crippen molar-refractivity contribution < 1.29 is 50.4 Å². The summed E-state index contributed by atoms with van der Waals surface area (Å²) in [6.07, 6.45) is -9.45. The van der Waals surface area contributed by atoms with Gasteiger partial charge in [-0.15, -0.1) is 0 Å². The van der Waals surface area contributed by atoms with E-state index in [1.54, 1.807) is 0 Å². The van der Waals surface area contributed by atoms with Gasteiger partial charge in [-0.25, -0.2) is 0 Å². The molecule has 20 heavy (non-hydrogen) atoms. The monoisotopic (exact) mass is 294 g/mol. The van der Waals surface area contributed by atoms with Crippen LogP contribution in [-0.2, 0) is 9.59 Å². The molecule has 0 amide bonds. The molecule has 0 saturated carbocycles. The Labute approximate surface area is 111 Å². The van der Waals surface area contributed by atoms with E-state index in [1.807, 2.05) is 0 Å². The third-order valence-corrected chi connectivity index (χ3v) is 2.25. The second-order valence-corrected chi connectivity index (χ2v) is 3.63. The van der Waals surface area contributed by atoms with Crippen LogP contribution >= 0.6 is 0 Å². The average molecular weight is 294 g/mol. The molecule has 8 N–H and O–H groups in total. The summed E-state index contributed by atoms with van der Waals surface area (Å²) < 4.78 is 0. The van der Waals surface area contributed by atoms with Gasteiger partial charge in [0.25, 0.3) is 0 Å². The molecule has 0 radical (unpaired) electrons. The molecule has 0 aromatic carbocycles. The smallest absolute Gasteiger partial charge is 0.232 e. The normalized spacial score (nSPS) is 19.5. The first kappa shape index (κ1) is 17.9. The van der Waals surface area contributed by atoms with Crippen LogP contribution in [-0.4, -0.2) is 77.3 Å². The lowest BCUT2D eigenvalue weighted by Gasteiger charge is -2.23. The van der Waals surface area contributed by atoms with E-state index in [1.165, 1.54) is 0 Å². The Morgan fingerprint density at radius 2 is 1.40 bits per heavy atom. The molecule has 4 unspecified atom stereocenters. The number of carbonyl (C=O) groups excluding carboxylic acids is 2. The summed E-state index contributed by atoms with van der Waals surface area (Å²) in [5.41, 5.74) is 0. The highest BCUT2D eigenvalue weighted by molar-refractivity contribution is 5.97. The molecule has 0 aliphatic rings. The van der Waals surface area contributed by atoms with Crippen molar-refractivity contribution >= 4 is 12.1 Å². The number of aliphatic hydroxyl groups is 8. The van der Waals surface area contributed by atoms with Crippen LogP contribution in [0.2, 0.25) is 0 Å². The Bertz CT molecular complexity index is 426. The van der Waals surface area contributed by atoms with Crippen molar-refractivity contribution in [2.24, 2.45) is 0 Å². The molecule has 0 rings (SSSR count). The van der Waals surface area contributed by atoms with Crippen molar-refractivity contribution in [1.29, 1.82) is 0 Å². The van der Waals surface area contributed by atoms with E-state index < -0.39 is 47.5 Å². The van der Waals surface area contributed by atoms with Crippen LogP contribution in [0.1, 0.15) is 0 Å². The number of hydrogen-bond acceptors (Lipinski definition) is 10. The molecule has 0 aliphatic carbocycles. The van der Waals surface area contributed by atoms with E-state index in [0.717, 1.165) is 0 Å². The van der Waals surface area contributed by atoms with Crippen LogP contribution in [0, 0.1) is 0 Å². The maximum atomic E-state index is 11.4. The number of hydrogen-bond donors (Lipinski definition) is 8. The van der Waals surface area contributed by atoms with E-state index in [0.29, 0.717) is 0 Å². The molecule has 114 valence electrons. The Hall–Kier alpha value is -2.14. The van der Waals surface area contributed by atoms with Crippen LogP contribution in [0.15, 0.2) is 23.5 Å². The van der Waals surface area contributed by atoms with E-state index in [2.05, 4.69) is 0 Å². The SMILES string of the molecule is O=CC(O)C(O)C(O)C(O)C(=O)C(O)=C(O)C(O)=CO. The van der Waals surface area contributed by atoms with Gasteiger partial charge in [-0.1, -0.05) is 0 Å². The van der Waals surface area contributed by atoms with Crippen molar-refractivity contribution in [3.8, 4) is 0 Å². The van der Waals surface area contributed by atoms with Gasteiger partial charge >= 0.3 is 0 Å². The van der Waals surface area contributed by atoms with Gasteiger partial charge in [0.15, 0.2) is 12.0 Å². The minimum absolute atomic E-state index is 0.0629. The third kappa shape index (κ3) is 3.93. The molecule has 0 aliphatic heterocycles. The summed E-state index contributed by atoms with van der Waals surface area (Å²) in [7, 11) is 0. The van der Waals surface area contributed by atoms with Crippen LogP contribution in [0.5, 0.6) is 0 Å². The van der Waals surface area contributed by atoms with E-state index in [9.17, 15) is 24.9 Å². The molecule has 10 heteroatoms. The summed E-state index contributed by atoms with van der Waals surface area (Å²) in [6, 6.07) is 0. The first-order valence-electron chi connectivity index (χ1n) is 5.06. The fourth-order valence-electron chi connectivity index (χ4n) is 1.06. The minimum Gasteiger partial charge on any atom is -0.512 e. The molecule has 0 spiro atoms. The van der Waals surface area contributed by atoms with Gasteiger partial charge in [0.1, 0.15) is 30.7 Å². The van der Waals surface area contributed by atoms with Crippen molar-refractivity contribution in [1.82, 2.24) is 0 Å². The number of carbonyl (C=O) groups is 2. The number of aliphatic hydroxyl groups excluding tert-OH is 8. The molecular formula is C10H14O10. The predicted molar refractivity (Wildman–Crippen MR) is 60.7 cm³/mol. The zero-order valence-electron chi connectivity index (χ0n) is 9.86. The first-order valence-corrected chi connectivity index (χ1v) is 5.06. The van der Waals surface area contributed by atoms with E-state index in [4.69, 9.17) is 25.5 Å². The van der Waals surface area contributed by atoms with Gasteiger partial charge in [-0.2, -0.15) is 0 Å². The number of aldehydes is 1. The molecule has 0 saturated heterocycles. The summed E-state index contributed by atoms with van der Waals surface area (Å²) in [6.45, 7) is 0. The maximum absolute atomic E-state index is 11.4. The topological polar surface area (TPSA) is 196 Å². The zero-order chi connectivity index (χ0) is 16.0. The van der Waals surface area contributed by atoms with Crippen molar-refractivity contribution in [2.75, 3.05) is 0 Å². The van der Waals surface area contributed by atoms with Gasteiger partial charge in [0.2, 0.25) is 17.3 Å². The Morgan fingerprint density at radius 1 is 0.900 bits per heavy atom. The van der Waals surface area contributed by atoms with Gasteiger partial charge in [0.05, 0.1) is 0 Å². The highest BCUT2D eigenvalue weighted by Gasteiger charge is 2.36. The lowest BCUT2D eigenvalue weighted by Crippen LogP contribution is -2.48. The zero-order valence-corrected chi connectivity index (χ0v) is 9.86. The highest BCUT2D eigenvalue weighted by Crippen LogP contribution is 2.13. The molecular weight excluding hydrogens is 280 g/mol. The second kappa shape index (κ2) is 7.45. The van der Waals surface area contributed by atoms with Gasteiger partial charge in [-0.3, -0.25) is 4.79 Å². The van der Waals surface area contributed by atoms with Crippen LogP contribution < -0.4 is 0 Å². The molecule has 4 atom stereocenters. The molecule has 0 fully saturated rings. The second-order valence-electron chi connectivity index (χ2n) is 3.63. The lowest BCUT2D eigenvalue weighted by molar-refractivity contribution is -0.147. The van der Waals surface area contributed by atoms with E-state index in [-0.39, 0.29) is 12.5 Å². The number of rotatable bonds is 7. The maximum Gasteiger partial charge on any atom is 0.232 e. The fraction of sp³-hybridized carbons (Fsp3) is 0.400. The van der Waals surface area contributed by atoms with Gasteiger partial charge in [-0.05, 0) is 0 Å².